The van der Waals surface area contributed by atoms with Crippen LogP contribution in [0.5, 0.6) is 0 Å². The number of nitrogens with one attached hydrogen (secondary N) is 1. The van der Waals surface area contributed by atoms with Crippen LogP contribution in [0.2, 0.25) is 0 Å². The molecule has 0 fully saturated rings. The molecule has 122 valence electrons. The lowest BCUT2D eigenvalue weighted by Gasteiger charge is -2.11. The van der Waals surface area contributed by atoms with Gasteiger partial charge in [0.25, 0.3) is 5.91 Å². The summed E-state index contributed by atoms with van der Waals surface area (Å²) in [5.74, 6) is -1.75. The van der Waals surface area contributed by atoms with Crippen LogP contribution in [0.4, 0.5) is 0 Å². The molecule has 0 spiro atoms. The predicted molar refractivity (Wildman–Crippen MR) is 88.6 cm³/mol. The topological polar surface area (TPSA) is 71.3 Å². The number of aryl methyl sites for hydroxylation is 1. The molecule has 0 aliphatic rings. The highest BCUT2D eigenvalue weighted by molar-refractivity contribution is 5.95. The average Bonchev–Trinajstić information content (AvgIpc) is 2.81. The van der Waals surface area contributed by atoms with Crippen molar-refractivity contribution in [1.29, 1.82) is 0 Å². The molecule has 0 unspecified atom stereocenters. The van der Waals surface area contributed by atoms with Crippen LogP contribution in [0.15, 0.2) is 36.4 Å². The second-order valence-corrected chi connectivity index (χ2v) is 5.81. The Bertz CT molecular complexity index is 705. The molecule has 0 bridgehead atoms. The fourth-order valence-corrected chi connectivity index (χ4v) is 2.47. The zero-order valence-electron chi connectivity index (χ0n) is 13.7. The molecule has 0 saturated heterocycles. The summed E-state index contributed by atoms with van der Waals surface area (Å²) >= 11 is 0. The summed E-state index contributed by atoms with van der Waals surface area (Å²) in [7, 11) is 0. The second kappa shape index (κ2) is 7.13. The zero-order chi connectivity index (χ0) is 17.0. The molecule has 1 aromatic heterocycles. The van der Waals surface area contributed by atoms with Gasteiger partial charge in [0.1, 0.15) is 0 Å². The third-order valence-corrected chi connectivity index (χ3v) is 3.99. The van der Waals surface area contributed by atoms with Gasteiger partial charge < -0.3 is 15.0 Å². The summed E-state index contributed by atoms with van der Waals surface area (Å²) in [5, 5.41) is 11.6. The highest BCUT2D eigenvalue weighted by Gasteiger charge is 2.18. The van der Waals surface area contributed by atoms with Gasteiger partial charge in [-0.05, 0) is 25.5 Å². The third-order valence-electron chi connectivity index (χ3n) is 3.99. The molecule has 0 aliphatic carbocycles. The molecule has 2 aromatic rings. The van der Waals surface area contributed by atoms with E-state index in [0.717, 1.165) is 11.4 Å². The fraction of sp³-hybridized carbons (Fsp3) is 0.333. The van der Waals surface area contributed by atoms with E-state index in [1.54, 1.807) is 6.92 Å². The van der Waals surface area contributed by atoms with Crippen LogP contribution < -0.4 is 5.32 Å². The summed E-state index contributed by atoms with van der Waals surface area (Å²) in [6.45, 7) is 6.27. The van der Waals surface area contributed by atoms with E-state index in [4.69, 9.17) is 5.11 Å². The first kappa shape index (κ1) is 16.8. The standard InChI is InChI=1S/C18H22N2O3/c1-12(18(22)23)10-19-17(21)16-9-13(2)20(14(16)3)11-15-7-5-4-6-8-15/h4-9,12H,10-11H2,1-3H3,(H,19,21)(H,22,23)/t12-/m0/s1. The van der Waals surface area contributed by atoms with E-state index in [9.17, 15) is 9.59 Å². The maximum absolute atomic E-state index is 12.3. The molecular weight excluding hydrogens is 292 g/mol. The van der Waals surface area contributed by atoms with Gasteiger partial charge in [-0.25, -0.2) is 0 Å². The maximum Gasteiger partial charge on any atom is 0.308 e. The quantitative estimate of drug-likeness (QED) is 0.861. The van der Waals surface area contributed by atoms with Gasteiger partial charge in [-0.3, -0.25) is 9.59 Å². The molecule has 0 saturated carbocycles. The van der Waals surface area contributed by atoms with Crippen molar-refractivity contribution in [3.63, 3.8) is 0 Å². The molecule has 23 heavy (non-hydrogen) atoms. The Hall–Kier alpha value is -2.56. The number of amides is 1. The average molecular weight is 314 g/mol. The summed E-state index contributed by atoms with van der Waals surface area (Å²) in [4.78, 5) is 23.1. The van der Waals surface area contributed by atoms with Gasteiger partial charge in [0.2, 0.25) is 0 Å². The first-order chi connectivity index (χ1) is 10.9. The normalized spacial score (nSPS) is 12.0. The molecule has 0 aliphatic heterocycles. The number of hydrogen-bond donors (Lipinski definition) is 2. The zero-order valence-corrected chi connectivity index (χ0v) is 13.7. The summed E-state index contributed by atoms with van der Waals surface area (Å²) in [6, 6.07) is 11.9. The molecule has 1 aromatic carbocycles. The Balaban J connectivity index is 2.13. The highest BCUT2D eigenvalue weighted by Crippen LogP contribution is 2.17. The summed E-state index contributed by atoms with van der Waals surface area (Å²) < 4.78 is 2.09. The minimum atomic E-state index is -0.917. The van der Waals surface area contributed by atoms with E-state index in [2.05, 4.69) is 9.88 Å². The highest BCUT2D eigenvalue weighted by atomic mass is 16.4. The summed E-state index contributed by atoms with van der Waals surface area (Å²) in [6.07, 6.45) is 0. The molecule has 2 N–H and O–H groups in total. The molecular formula is C18H22N2O3. The molecule has 1 amide bonds. The second-order valence-electron chi connectivity index (χ2n) is 5.81. The van der Waals surface area contributed by atoms with Gasteiger partial charge in [0.15, 0.2) is 0 Å². The Kier molecular flexibility index (Phi) is 5.21. The van der Waals surface area contributed by atoms with Crippen LogP contribution in [0.25, 0.3) is 0 Å². The van der Waals surface area contributed by atoms with Crippen molar-refractivity contribution in [3.05, 3.63) is 58.9 Å². The smallest absolute Gasteiger partial charge is 0.308 e. The number of nitrogens with zero attached hydrogens (tertiary/aromatic N) is 1. The minimum Gasteiger partial charge on any atom is -0.481 e. The van der Waals surface area contributed by atoms with Crippen LogP contribution in [-0.4, -0.2) is 28.1 Å². The largest absolute Gasteiger partial charge is 0.481 e. The van der Waals surface area contributed by atoms with Gasteiger partial charge in [0.05, 0.1) is 11.5 Å². The van der Waals surface area contributed by atoms with Crippen molar-refractivity contribution in [3.8, 4) is 0 Å². The number of carboxylic acids is 1. The first-order valence-corrected chi connectivity index (χ1v) is 7.61. The van der Waals surface area contributed by atoms with Crippen molar-refractivity contribution in [2.24, 2.45) is 5.92 Å². The number of benzene rings is 1. The number of rotatable bonds is 6. The van der Waals surface area contributed by atoms with E-state index in [-0.39, 0.29) is 12.5 Å². The van der Waals surface area contributed by atoms with E-state index in [1.165, 1.54) is 5.56 Å². The van der Waals surface area contributed by atoms with Gasteiger partial charge in [0, 0.05) is 24.5 Å². The Labute approximate surface area is 135 Å². The van der Waals surface area contributed by atoms with Crippen LogP contribution >= 0.6 is 0 Å². The van der Waals surface area contributed by atoms with Crippen molar-refractivity contribution < 1.29 is 14.7 Å². The maximum atomic E-state index is 12.3. The Morgan fingerprint density at radius 2 is 1.87 bits per heavy atom. The molecule has 2 rings (SSSR count). The van der Waals surface area contributed by atoms with Crippen LogP contribution in [0, 0.1) is 19.8 Å². The minimum absolute atomic E-state index is 0.122. The molecule has 1 atom stereocenters. The van der Waals surface area contributed by atoms with Crippen LogP contribution in [0.1, 0.15) is 34.2 Å². The van der Waals surface area contributed by atoms with E-state index >= 15 is 0 Å². The molecule has 1 heterocycles. The van der Waals surface area contributed by atoms with Crippen LogP contribution in [0.3, 0.4) is 0 Å². The summed E-state index contributed by atoms with van der Waals surface area (Å²) in [5.41, 5.74) is 3.64. The van der Waals surface area contributed by atoms with Gasteiger partial charge in [-0.15, -0.1) is 0 Å². The third kappa shape index (κ3) is 4.00. The van der Waals surface area contributed by atoms with Gasteiger partial charge in [-0.1, -0.05) is 37.3 Å². The predicted octanol–water partition coefficient (Wildman–Crippen LogP) is 2.60. The first-order valence-electron chi connectivity index (χ1n) is 7.61. The number of aliphatic carboxylic acids is 1. The number of carbonyl (C=O) groups is 2. The van der Waals surface area contributed by atoms with Gasteiger partial charge >= 0.3 is 5.97 Å². The Morgan fingerprint density at radius 1 is 1.22 bits per heavy atom. The van der Waals surface area contributed by atoms with Gasteiger partial charge in [-0.2, -0.15) is 0 Å². The van der Waals surface area contributed by atoms with E-state index < -0.39 is 11.9 Å². The SMILES string of the molecule is Cc1cc(C(=O)NC[C@H](C)C(=O)O)c(C)n1Cc1ccccc1. The van der Waals surface area contributed by atoms with E-state index in [0.29, 0.717) is 12.1 Å². The fourth-order valence-electron chi connectivity index (χ4n) is 2.47. The van der Waals surface area contributed by atoms with Crippen molar-refractivity contribution in [2.75, 3.05) is 6.54 Å². The number of carboxylic acid groups (broad SMARTS) is 1. The molecule has 5 heteroatoms. The van der Waals surface area contributed by atoms with Crippen molar-refractivity contribution >= 4 is 11.9 Å². The number of aromatic nitrogens is 1. The lowest BCUT2D eigenvalue weighted by atomic mass is 10.1. The lowest BCUT2D eigenvalue weighted by Crippen LogP contribution is -2.31. The lowest BCUT2D eigenvalue weighted by molar-refractivity contribution is -0.140. The monoisotopic (exact) mass is 314 g/mol. The number of hydrogen-bond acceptors (Lipinski definition) is 2. The molecule has 0 radical (unpaired) electrons. The van der Waals surface area contributed by atoms with Crippen molar-refractivity contribution in [2.45, 2.75) is 27.3 Å². The van der Waals surface area contributed by atoms with Crippen LogP contribution in [-0.2, 0) is 11.3 Å². The molecule has 5 nitrogen and oxygen atoms in total. The van der Waals surface area contributed by atoms with Crippen molar-refractivity contribution in [1.82, 2.24) is 9.88 Å². The Morgan fingerprint density at radius 3 is 2.48 bits per heavy atom. The number of carbonyl (C=O) groups excluding carboxylic acids is 1. The van der Waals surface area contributed by atoms with E-state index in [1.807, 2.05) is 50.2 Å².